The van der Waals surface area contributed by atoms with Crippen molar-refractivity contribution in [3.8, 4) is 0 Å². The minimum Gasteiger partial charge on any atom is -0.390 e. The molecule has 1 rings (SSSR count). The Hall–Kier alpha value is -0.0800. The lowest BCUT2D eigenvalue weighted by Gasteiger charge is -2.25. The van der Waals surface area contributed by atoms with Gasteiger partial charge in [-0.15, -0.1) is 0 Å². The molecule has 0 aromatic heterocycles. The highest BCUT2D eigenvalue weighted by atomic mass is 16.3. The second-order valence-corrected chi connectivity index (χ2v) is 4.34. The molecule has 1 fully saturated rings. The Morgan fingerprint density at radius 2 is 2.00 bits per heavy atom. The quantitative estimate of drug-likeness (QED) is 0.670. The number of nitrogens with one attached hydrogen (secondary N) is 1. The van der Waals surface area contributed by atoms with E-state index in [1.54, 1.807) is 0 Å². The molecule has 1 aliphatic heterocycles. The van der Waals surface area contributed by atoms with Gasteiger partial charge in [-0.2, -0.15) is 0 Å². The van der Waals surface area contributed by atoms with Crippen molar-refractivity contribution in [3.63, 3.8) is 0 Å². The molecule has 1 heterocycles. The molecule has 0 unspecified atom stereocenters. The predicted octanol–water partition coefficient (Wildman–Crippen LogP) is 1.35. The molecule has 0 saturated carbocycles. The van der Waals surface area contributed by atoms with E-state index in [2.05, 4.69) is 11.7 Å². The van der Waals surface area contributed by atoms with Gasteiger partial charge in [-0.05, 0) is 58.5 Å². The molecule has 0 amide bonds. The van der Waals surface area contributed by atoms with Crippen LogP contribution in [0.3, 0.4) is 0 Å². The standard InChI is InChI=1S/C10H20NO/c1-10(2,12)6-3-9-4-7-11-8-5-9/h3,9,11-12H,4-8H2,1-2H3. The van der Waals surface area contributed by atoms with Crippen molar-refractivity contribution in [3.05, 3.63) is 6.42 Å². The van der Waals surface area contributed by atoms with E-state index in [4.69, 9.17) is 0 Å². The van der Waals surface area contributed by atoms with Gasteiger partial charge in [0.05, 0.1) is 5.60 Å². The van der Waals surface area contributed by atoms with Gasteiger partial charge < -0.3 is 10.4 Å². The first-order chi connectivity index (χ1) is 5.58. The van der Waals surface area contributed by atoms with Crippen LogP contribution >= 0.6 is 0 Å². The minimum absolute atomic E-state index is 0.523. The van der Waals surface area contributed by atoms with Crippen LogP contribution in [0.1, 0.15) is 33.1 Å². The maximum Gasteiger partial charge on any atom is 0.0594 e. The van der Waals surface area contributed by atoms with Crippen molar-refractivity contribution in [2.45, 2.75) is 38.7 Å². The molecule has 1 aliphatic rings. The first-order valence-corrected chi connectivity index (χ1v) is 4.84. The molecular formula is C10H20NO. The number of aliphatic hydroxyl groups is 1. The van der Waals surface area contributed by atoms with E-state index in [1.165, 1.54) is 12.8 Å². The van der Waals surface area contributed by atoms with Gasteiger partial charge >= 0.3 is 0 Å². The summed E-state index contributed by atoms with van der Waals surface area (Å²) in [5.41, 5.74) is -0.523. The summed E-state index contributed by atoms with van der Waals surface area (Å²) in [5, 5.41) is 12.8. The zero-order valence-electron chi connectivity index (χ0n) is 8.14. The van der Waals surface area contributed by atoms with Gasteiger partial charge in [0, 0.05) is 0 Å². The summed E-state index contributed by atoms with van der Waals surface area (Å²) in [6.45, 7) is 6.00. The summed E-state index contributed by atoms with van der Waals surface area (Å²) < 4.78 is 0. The molecule has 2 nitrogen and oxygen atoms in total. The molecule has 1 radical (unpaired) electrons. The summed E-state index contributed by atoms with van der Waals surface area (Å²) in [5.74, 6) is 0.720. The second kappa shape index (κ2) is 4.24. The van der Waals surface area contributed by atoms with Crippen molar-refractivity contribution in [1.82, 2.24) is 5.32 Å². The van der Waals surface area contributed by atoms with Gasteiger partial charge in [-0.25, -0.2) is 0 Å². The number of hydrogen-bond donors (Lipinski definition) is 2. The maximum absolute atomic E-state index is 9.50. The largest absolute Gasteiger partial charge is 0.390 e. The van der Waals surface area contributed by atoms with Crippen LogP contribution in [-0.4, -0.2) is 23.8 Å². The first kappa shape index (κ1) is 10.0. The third kappa shape index (κ3) is 4.07. The monoisotopic (exact) mass is 170 g/mol. The summed E-state index contributed by atoms with van der Waals surface area (Å²) >= 11 is 0. The highest BCUT2D eigenvalue weighted by Crippen LogP contribution is 2.21. The van der Waals surface area contributed by atoms with Crippen LogP contribution in [0.15, 0.2) is 0 Å². The van der Waals surface area contributed by atoms with Gasteiger partial charge in [-0.1, -0.05) is 0 Å². The van der Waals surface area contributed by atoms with Gasteiger partial charge in [0.15, 0.2) is 0 Å². The lowest BCUT2D eigenvalue weighted by molar-refractivity contribution is 0.0760. The van der Waals surface area contributed by atoms with Crippen molar-refractivity contribution in [1.29, 1.82) is 0 Å². The molecule has 0 aliphatic carbocycles. The van der Waals surface area contributed by atoms with Crippen LogP contribution < -0.4 is 5.32 Å². The van der Waals surface area contributed by atoms with Crippen molar-refractivity contribution in [2.75, 3.05) is 13.1 Å². The summed E-state index contributed by atoms with van der Waals surface area (Å²) in [4.78, 5) is 0. The average molecular weight is 170 g/mol. The van der Waals surface area contributed by atoms with E-state index >= 15 is 0 Å². The van der Waals surface area contributed by atoms with E-state index in [-0.39, 0.29) is 0 Å². The second-order valence-electron chi connectivity index (χ2n) is 4.34. The zero-order chi connectivity index (χ0) is 9.03. The van der Waals surface area contributed by atoms with Gasteiger partial charge in [0.2, 0.25) is 0 Å². The van der Waals surface area contributed by atoms with Gasteiger partial charge in [0.25, 0.3) is 0 Å². The molecular weight excluding hydrogens is 150 g/mol. The highest BCUT2D eigenvalue weighted by molar-refractivity contribution is 4.85. The zero-order valence-corrected chi connectivity index (χ0v) is 8.14. The fraction of sp³-hybridized carbons (Fsp3) is 0.900. The van der Waals surface area contributed by atoms with E-state index in [9.17, 15) is 5.11 Å². The van der Waals surface area contributed by atoms with Crippen molar-refractivity contribution in [2.24, 2.45) is 5.92 Å². The molecule has 0 spiro atoms. The lowest BCUT2D eigenvalue weighted by atomic mass is 9.89. The van der Waals surface area contributed by atoms with E-state index in [0.717, 1.165) is 25.4 Å². The van der Waals surface area contributed by atoms with E-state index < -0.39 is 5.60 Å². The maximum atomic E-state index is 9.50. The Morgan fingerprint density at radius 3 is 2.50 bits per heavy atom. The fourth-order valence-electron chi connectivity index (χ4n) is 1.54. The summed E-state index contributed by atoms with van der Waals surface area (Å²) in [6.07, 6.45) is 5.56. The fourth-order valence-corrected chi connectivity index (χ4v) is 1.54. The molecule has 0 atom stereocenters. The minimum atomic E-state index is -0.523. The normalized spacial score (nSPS) is 21.2. The molecule has 0 aromatic rings. The van der Waals surface area contributed by atoms with E-state index in [0.29, 0.717) is 0 Å². The molecule has 0 aromatic carbocycles. The van der Waals surface area contributed by atoms with Crippen LogP contribution in [0.2, 0.25) is 0 Å². The smallest absolute Gasteiger partial charge is 0.0594 e. The lowest BCUT2D eigenvalue weighted by Crippen LogP contribution is -2.29. The Kier molecular flexibility index (Phi) is 3.53. The van der Waals surface area contributed by atoms with Crippen molar-refractivity contribution < 1.29 is 5.11 Å². The van der Waals surface area contributed by atoms with Crippen LogP contribution in [0.5, 0.6) is 0 Å². The Labute approximate surface area is 75.4 Å². The summed E-state index contributed by atoms with van der Waals surface area (Å²) in [6, 6.07) is 0. The Balaban J connectivity index is 2.13. The number of hydrogen-bond acceptors (Lipinski definition) is 2. The molecule has 12 heavy (non-hydrogen) atoms. The van der Waals surface area contributed by atoms with E-state index in [1.807, 2.05) is 13.8 Å². The topological polar surface area (TPSA) is 32.3 Å². The molecule has 71 valence electrons. The highest BCUT2D eigenvalue weighted by Gasteiger charge is 2.18. The third-order valence-corrected chi connectivity index (χ3v) is 2.33. The first-order valence-electron chi connectivity index (χ1n) is 4.84. The molecule has 1 saturated heterocycles. The summed E-state index contributed by atoms with van der Waals surface area (Å²) in [7, 11) is 0. The van der Waals surface area contributed by atoms with Gasteiger partial charge in [-0.3, -0.25) is 0 Å². The average Bonchev–Trinajstić information content (AvgIpc) is 2.02. The molecule has 2 heteroatoms. The molecule has 2 N–H and O–H groups in total. The Morgan fingerprint density at radius 1 is 1.42 bits per heavy atom. The van der Waals surface area contributed by atoms with Crippen LogP contribution in [-0.2, 0) is 0 Å². The van der Waals surface area contributed by atoms with Gasteiger partial charge in [0.1, 0.15) is 0 Å². The van der Waals surface area contributed by atoms with Crippen LogP contribution in [0, 0.1) is 12.3 Å². The number of rotatable bonds is 3. The SMILES string of the molecule is CC(C)(O)C[CH]C1CCNCC1. The molecule has 0 bridgehead atoms. The van der Waals surface area contributed by atoms with Crippen molar-refractivity contribution >= 4 is 0 Å². The van der Waals surface area contributed by atoms with Crippen LogP contribution in [0.4, 0.5) is 0 Å². The number of piperidine rings is 1. The Bertz CT molecular complexity index is 122. The predicted molar refractivity (Wildman–Crippen MR) is 50.8 cm³/mol. The third-order valence-electron chi connectivity index (χ3n) is 2.33. The van der Waals surface area contributed by atoms with Crippen LogP contribution in [0.25, 0.3) is 0 Å².